The van der Waals surface area contributed by atoms with E-state index in [1.165, 1.54) is 11.8 Å². The van der Waals surface area contributed by atoms with Crippen LogP contribution >= 0.6 is 23.4 Å². The summed E-state index contributed by atoms with van der Waals surface area (Å²) in [6.45, 7) is 3.87. The van der Waals surface area contributed by atoms with Gasteiger partial charge in [0.05, 0.1) is 18.5 Å². The standard InChI is InChI=1S/C23H25ClN4O3S/c1-2-30-19-11-9-18(10-12-19)28-22(16-5-7-17(24)8-6-16)26-27-23(28)32-15-21(29)25-14-20-4-3-13-31-20/h5-12,20H,2-4,13-15H2,1H3,(H,25,29)/t20-/m0/s1. The molecule has 0 unspecified atom stereocenters. The molecule has 1 aliphatic heterocycles. The first kappa shape index (κ1) is 22.6. The van der Waals surface area contributed by atoms with Gasteiger partial charge in [-0.05, 0) is 68.3 Å². The van der Waals surface area contributed by atoms with Crippen LogP contribution in [0.4, 0.5) is 0 Å². The van der Waals surface area contributed by atoms with Crippen LogP contribution in [0.2, 0.25) is 5.02 Å². The average Bonchev–Trinajstić information content (AvgIpc) is 3.48. The number of benzene rings is 2. The summed E-state index contributed by atoms with van der Waals surface area (Å²) >= 11 is 7.40. The van der Waals surface area contributed by atoms with E-state index in [0.29, 0.717) is 29.2 Å². The van der Waals surface area contributed by atoms with Crippen LogP contribution < -0.4 is 10.1 Å². The molecule has 7 nitrogen and oxygen atoms in total. The molecule has 1 aliphatic rings. The molecule has 0 saturated carbocycles. The number of hydrogen-bond acceptors (Lipinski definition) is 6. The number of nitrogens with zero attached hydrogens (tertiary/aromatic N) is 3. The maximum atomic E-state index is 12.4. The van der Waals surface area contributed by atoms with Gasteiger partial charge in [0.25, 0.3) is 0 Å². The molecule has 0 aliphatic carbocycles. The first-order valence-electron chi connectivity index (χ1n) is 10.6. The molecule has 168 valence electrons. The first-order chi connectivity index (χ1) is 15.6. The molecule has 32 heavy (non-hydrogen) atoms. The summed E-state index contributed by atoms with van der Waals surface area (Å²) in [6.07, 6.45) is 2.16. The molecule has 9 heteroatoms. The number of thioether (sulfide) groups is 1. The molecule has 1 aromatic heterocycles. The summed E-state index contributed by atoms with van der Waals surface area (Å²) in [6, 6.07) is 15.2. The zero-order valence-corrected chi connectivity index (χ0v) is 19.4. The van der Waals surface area contributed by atoms with Gasteiger partial charge in [0.2, 0.25) is 5.91 Å². The molecule has 3 aromatic rings. The molecular formula is C23H25ClN4O3S. The molecule has 2 aromatic carbocycles. The van der Waals surface area contributed by atoms with Crippen molar-refractivity contribution in [3.05, 3.63) is 53.6 Å². The maximum absolute atomic E-state index is 12.4. The molecule has 1 atom stereocenters. The Morgan fingerprint density at radius 2 is 2.00 bits per heavy atom. The topological polar surface area (TPSA) is 78.3 Å². The molecular weight excluding hydrogens is 448 g/mol. The summed E-state index contributed by atoms with van der Waals surface area (Å²) in [5, 5.41) is 13.0. The van der Waals surface area contributed by atoms with Crippen molar-refractivity contribution in [3.8, 4) is 22.8 Å². The number of aromatic nitrogens is 3. The van der Waals surface area contributed by atoms with Gasteiger partial charge in [0.15, 0.2) is 11.0 Å². The Labute approximate surface area is 196 Å². The molecule has 1 fully saturated rings. The van der Waals surface area contributed by atoms with Gasteiger partial charge in [-0.25, -0.2) is 0 Å². The minimum Gasteiger partial charge on any atom is -0.494 e. The number of rotatable bonds is 9. The average molecular weight is 473 g/mol. The molecule has 1 amide bonds. The van der Waals surface area contributed by atoms with Gasteiger partial charge in [-0.3, -0.25) is 9.36 Å². The highest BCUT2D eigenvalue weighted by atomic mass is 35.5. The number of amides is 1. The molecule has 1 saturated heterocycles. The van der Waals surface area contributed by atoms with Crippen LogP contribution in [0.3, 0.4) is 0 Å². The van der Waals surface area contributed by atoms with Crippen molar-refractivity contribution in [2.24, 2.45) is 0 Å². The predicted octanol–water partition coefficient (Wildman–Crippen LogP) is 4.37. The number of ether oxygens (including phenoxy) is 2. The molecule has 0 spiro atoms. The van der Waals surface area contributed by atoms with Gasteiger partial charge in [-0.15, -0.1) is 10.2 Å². The second-order valence-electron chi connectivity index (χ2n) is 7.30. The minimum absolute atomic E-state index is 0.0558. The van der Waals surface area contributed by atoms with E-state index in [-0.39, 0.29) is 17.8 Å². The second-order valence-corrected chi connectivity index (χ2v) is 8.68. The number of nitrogens with one attached hydrogen (secondary N) is 1. The highest BCUT2D eigenvalue weighted by molar-refractivity contribution is 7.99. The smallest absolute Gasteiger partial charge is 0.230 e. The summed E-state index contributed by atoms with van der Waals surface area (Å²) in [5.41, 5.74) is 1.76. The van der Waals surface area contributed by atoms with E-state index < -0.39 is 0 Å². The summed E-state index contributed by atoms with van der Waals surface area (Å²) in [4.78, 5) is 12.4. The third-order valence-corrected chi connectivity index (χ3v) is 6.21. The third kappa shape index (κ3) is 5.62. The van der Waals surface area contributed by atoms with Crippen molar-refractivity contribution in [2.75, 3.05) is 25.5 Å². The van der Waals surface area contributed by atoms with E-state index in [4.69, 9.17) is 21.1 Å². The maximum Gasteiger partial charge on any atom is 0.230 e. The Balaban J connectivity index is 1.54. The lowest BCUT2D eigenvalue weighted by atomic mass is 10.2. The van der Waals surface area contributed by atoms with Crippen molar-refractivity contribution < 1.29 is 14.3 Å². The SMILES string of the molecule is CCOc1ccc(-n2c(SCC(=O)NC[C@@H]3CCCO3)nnc2-c2ccc(Cl)cc2)cc1. The second kappa shape index (κ2) is 10.8. The highest BCUT2D eigenvalue weighted by Crippen LogP contribution is 2.29. The normalized spacial score (nSPS) is 15.6. The molecule has 1 N–H and O–H groups in total. The van der Waals surface area contributed by atoms with Gasteiger partial charge >= 0.3 is 0 Å². The molecule has 0 radical (unpaired) electrons. The number of halogens is 1. The van der Waals surface area contributed by atoms with Crippen LogP contribution in [-0.2, 0) is 9.53 Å². The van der Waals surface area contributed by atoms with Gasteiger partial charge in [-0.2, -0.15) is 0 Å². The summed E-state index contributed by atoms with van der Waals surface area (Å²) < 4.78 is 13.1. The first-order valence-corrected chi connectivity index (χ1v) is 12.0. The van der Waals surface area contributed by atoms with Gasteiger partial charge in [0.1, 0.15) is 5.75 Å². The van der Waals surface area contributed by atoms with E-state index >= 15 is 0 Å². The lowest BCUT2D eigenvalue weighted by Gasteiger charge is -2.12. The van der Waals surface area contributed by atoms with Crippen LogP contribution in [0.5, 0.6) is 5.75 Å². The van der Waals surface area contributed by atoms with E-state index in [2.05, 4.69) is 15.5 Å². The van der Waals surface area contributed by atoms with Gasteiger partial charge in [0, 0.05) is 29.4 Å². The number of carbonyl (C=O) groups excluding carboxylic acids is 1. The highest BCUT2D eigenvalue weighted by Gasteiger charge is 2.19. The Kier molecular flexibility index (Phi) is 7.68. The van der Waals surface area contributed by atoms with Gasteiger partial charge < -0.3 is 14.8 Å². The van der Waals surface area contributed by atoms with E-state index in [0.717, 1.165) is 36.4 Å². The van der Waals surface area contributed by atoms with Crippen LogP contribution in [-0.4, -0.2) is 52.3 Å². The van der Waals surface area contributed by atoms with Crippen LogP contribution in [0.15, 0.2) is 53.7 Å². The van der Waals surface area contributed by atoms with E-state index in [1.54, 1.807) is 0 Å². The Morgan fingerprint density at radius 1 is 1.22 bits per heavy atom. The summed E-state index contributed by atoms with van der Waals surface area (Å²) in [5.74, 6) is 1.65. The van der Waals surface area contributed by atoms with Crippen molar-refractivity contribution in [1.29, 1.82) is 0 Å². The monoisotopic (exact) mass is 472 g/mol. The molecule has 2 heterocycles. The molecule has 4 rings (SSSR count). The fraction of sp³-hybridized carbons (Fsp3) is 0.348. The van der Waals surface area contributed by atoms with Crippen molar-refractivity contribution in [1.82, 2.24) is 20.1 Å². The fourth-order valence-corrected chi connectivity index (χ4v) is 4.36. The Bertz CT molecular complexity index is 1030. The predicted molar refractivity (Wildman–Crippen MR) is 126 cm³/mol. The molecule has 0 bridgehead atoms. The summed E-state index contributed by atoms with van der Waals surface area (Å²) in [7, 11) is 0. The van der Waals surface area contributed by atoms with Crippen LogP contribution in [0, 0.1) is 0 Å². The lowest BCUT2D eigenvalue weighted by molar-refractivity contribution is -0.119. The van der Waals surface area contributed by atoms with E-state index in [1.807, 2.05) is 60.0 Å². The minimum atomic E-state index is -0.0558. The fourth-order valence-electron chi connectivity index (χ4n) is 3.45. The zero-order chi connectivity index (χ0) is 22.3. The lowest BCUT2D eigenvalue weighted by Crippen LogP contribution is -2.32. The van der Waals surface area contributed by atoms with Crippen LogP contribution in [0.1, 0.15) is 19.8 Å². The number of carbonyl (C=O) groups is 1. The van der Waals surface area contributed by atoms with Crippen LogP contribution in [0.25, 0.3) is 17.1 Å². The van der Waals surface area contributed by atoms with Crippen molar-refractivity contribution in [3.63, 3.8) is 0 Å². The zero-order valence-electron chi connectivity index (χ0n) is 17.8. The quantitative estimate of drug-likeness (QED) is 0.466. The van der Waals surface area contributed by atoms with Gasteiger partial charge in [-0.1, -0.05) is 23.4 Å². The Hall–Kier alpha value is -2.55. The Morgan fingerprint density at radius 3 is 2.69 bits per heavy atom. The van der Waals surface area contributed by atoms with Crippen molar-refractivity contribution in [2.45, 2.75) is 31.0 Å². The van der Waals surface area contributed by atoms with E-state index in [9.17, 15) is 4.79 Å². The van der Waals surface area contributed by atoms with Crippen molar-refractivity contribution >= 4 is 29.3 Å². The largest absolute Gasteiger partial charge is 0.494 e. The number of hydrogen-bond donors (Lipinski definition) is 1. The third-order valence-electron chi connectivity index (χ3n) is 5.02.